The molecule has 0 saturated carbocycles. The normalized spacial score (nSPS) is 10.2. The van der Waals surface area contributed by atoms with Crippen LogP contribution in [0, 0.1) is 0 Å². The molecule has 0 heterocycles. The molecule has 0 atom stereocenters. The number of benzene rings is 2. The predicted octanol–water partition coefficient (Wildman–Crippen LogP) is 4.75. The van der Waals surface area contributed by atoms with Crippen LogP contribution in [0.4, 0.5) is 11.4 Å². The van der Waals surface area contributed by atoms with Crippen molar-refractivity contribution in [3.05, 3.63) is 60.2 Å². The van der Waals surface area contributed by atoms with E-state index in [-0.39, 0.29) is 16.9 Å². The zero-order chi connectivity index (χ0) is 20.4. The molecule has 0 aliphatic carbocycles. The number of hydrogen-bond acceptors (Lipinski definition) is 3. The van der Waals surface area contributed by atoms with Gasteiger partial charge < -0.3 is 15.5 Å². The van der Waals surface area contributed by atoms with Crippen molar-refractivity contribution in [1.82, 2.24) is 5.32 Å². The molecule has 2 rings (SSSR count). The highest BCUT2D eigenvalue weighted by molar-refractivity contribution is 7.80. The van der Waals surface area contributed by atoms with E-state index in [9.17, 15) is 9.59 Å². The highest BCUT2D eigenvalue weighted by Crippen LogP contribution is 2.17. The van der Waals surface area contributed by atoms with Crippen LogP contribution in [0.15, 0.2) is 54.6 Å². The van der Waals surface area contributed by atoms with E-state index in [1.165, 1.54) is 0 Å². The summed E-state index contributed by atoms with van der Waals surface area (Å²) in [5, 5.41) is 5.90. The highest BCUT2D eigenvalue weighted by Gasteiger charge is 2.14. The fraction of sp³-hybridized carbons (Fsp3) is 0.318. The van der Waals surface area contributed by atoms with Gasteiger partial charge in [0.2, 0.25) is 5.91 Å². The number of nitrogens with zero attached hydrogens (tertiary/aromatic N) is 1. The summed E-state index contributed by atoms with van der Waals surface area (Å²) in [6.07, 6.45) is 4.63. The van der Waals surface area contributed by atoms with Crippen molar-refractivity contribution in [2.75, 3.05) is 17.3 Å². The Balaban J connectivity index is 1.92. The molecular formula is C22H27N3O2S. The van der Waals surface area contributed by atoms with E-state index in [0.29, 0.717) is 17.7 Å². The van der Waals surface area contributed by atoms with Gasteiger partial charge >= 0.3 is 0 Å². The standard InChI is InChI=1S/C22H27N3O2S/c1-3-4-5-9-15-20(26)24-22(28)23-18-12-10-11-17(16-18)21(27)25(2)19-13-7-6-8-14-19/h6-8,10-14,16H,3-5,9,15H2,1-2H3,(H2,23,24,26,28). The van der Waals surface area contributed by atoms with Crippen LogP contribution in [0.5, 0.6) is 0 Å². The molecule has 0 spiro atoms. The number of para-hydroxylation sites is 1. The summed E-state index contributed by atoms with van der Waals surface area (Å²) in [6.45, 7) is 2.13. The summed E-state index contributed by atoms with van der Waals surface area (Å²) < 4.78 is 0. The molecule has 2 N–H and O–H groups in total. The number of carbonyl (C=O) groups is 2. The second-order valence-corrected chi connectivity index (χ2v) is 7.00. The molecule has 2 amide bonds. The van der Waals surface area contributed by atoms with Crippen molar-refractivity contribution < 1.29 is 9.59 Å². The third-order valence-corrected chi connectivity index (χ3v) is 4.53. The second-order valence-electron chi connectivity index (χ2n) is 6.59. The van der Waals surface area contributed by atoms with Crippen LogP contribution in [-0.4, -0.2) is 24.0 Å². The Hall–Kier alpha value is -2.73. The molecule has 0 aliphatic rings. The molecule has 0 unspecified atom stereocenters. The average molecular weight is 398 g/mol. The molecule has 0 aromatic heterocycles. The van der Waals surface area contributed by atoms with E-state index >= 15 is 0 Å². The van der Waals surface area contributed by atoms with Gasteiger partial charge in [-0.1, -0.05) is 50.5 Å². The maximum absolute atomic E-state index is 12.7. The molecule has 148 valence electrons. The van der Waals surface area contributed by atoms with Crippen LogP contribution in [0.2, 0.25) is 0 Å². The molecule has 0 saturated heterocycles. The number of carbonyl (C=O) groups excluding carboxylic acids is 2. The Kier molecular flexibility index (Phi) is 8.62. The molecule has 5 nitrogen and oxygen atoms in total. The summed E-state index contributed by atoms with van der Waals surface area (Å²) in [6, 6.07) is 16.5. The van der Waals surface area contributed by atoms with Crippen LogP contribution in [0.25, 0.3) is 0 Å². The van der Waals surface area contributed by atoms with Gasteiger partial charge in [0.05, 0.1) is 0 Å². The molecule has 0 aliphatic heterocycles. The lowest BCUT2D eigenvalue weighted by Crippen LogP contribution is -2.34. The van der Waals surface area contributed by atoms with Gasteiger partial charge in [-0.3, -0.25) is 9.59 Å². The van der Waals surface area contributed by atoms with Gasteiger partial charge in [0.1, 0.15) is 0 Å². The van der Waals surface area contributed by atoms with Crippen LogP contribution < -0.4 is 15.5 Å². The van der Waals surface area contributed by atoms with Gasteiger partial charge in [-0.05, 0) is 49.0 Å². The van der Waals surface area contributed by atoms with Crippen LogP contribution in [0.3, 0.4) is 0 Å². The molecule has 28 heavy (non-hydrogen) atoms. The first-order chi connectivity index (χ1) is 13.5. The number of anilines is 2. The maximum Gasteiger partial charge on any atom is 0.258 e. The lowest BCUT2D eigenvalue weighted by molar-refractivity contribution is -0.119. The zero-order valence-electron chi connectivity index (χ0n) is 16.4. The van der Waals surface area contributed by atoms with Crippen molar-refractivity contribution in [2.24, 2.45) is 0 Å². The molecule has 2 aromatic carbocycles. The molecule has 0 bridgehead atoms. The molecular weight excluding hydrogens is 370 g/mol. The Morgan fingerprint density at radius 2 is 1.75 bits per heavy atom. The lowest BCUT2D eigenvalue weighted by atomic mass is 10.1. The van der Waals surface area contributed by atoms with E-state index < -0.39 is 0 Å². The van der Waals surface area contributed by atoms with Gasteiger partial charge in [-0.15, -0.1) is 0 Å². The summed E-state index contributed by atoms with van der Waals surface area (Å²) in [7, 11) is 1.74. The average Bonchev–Trinajstić information content (AvgIpc) is 2.71. The van der Waals surface area contributed by atoms with E-state index in [2.05, 4.69) is 17.6 Å². The Morgan fingerprint density at radius 3 is 2.46 bits per heavy atom. The number of hydrogen-bond donors (Lipinski definition) is 2. The minimum Gasteiger partial charge on any atom is -0.332 e. The number of thiocarbonyl (C=S) groups is 1. The third kappa shape index (κ3) is 6.78. The van der Waals surface area contributed by atoms with E-state index in [0.717, 1.165) is 31.4 Å². The quantitative estimate of drug-likeness (QED) is 0.499. The summed E-state index contributed by atoms with van der Waals surface area (Å²) in [4.78, 5) is 26.2. The minimum absolute atomic E-state index is 0.0929. The van der Waals surface area contributed by atoms with Crippen LogP contribution in [0.1, 0.15) is 49.4 Å². The van der Waals surface area contributed by atoms with Crippen molar-refractivity contribution in [1.29, 1.82) is 0 Å². The van der Waals surface area contributed by atoms with Crippen molar-refractivity contribution in [3.8, 4) is 0 Å². The highest BCUT2D eigenvalue weighted by atomic mass is 32.1. The Morgan fingerprint density at radius 1 is 1.00 bits per heavy atom. The number of rotatable bonds is 8. The van der Waals surface area contributed by atoms with E-state index in [1.807, 2.05) is 30.3 Å². The van der Waals surface area contributed by atoms with Gasteiger partial charge in [0.25, 0.3) is 5.91 Å². The summed E-state index contributed by atoms with van der Waals surface area (Å²) >= 11 is 5.21. The van der Waals surface area contributed by atoms with E-state index in [4.69, 9.17) is 12.2 Å². The van der Waals surface area contributed by atoms with Gasteiger partial charge in [-0.25, -0.2) is 0 Å². The van der Waals surface area contributed by atoms with Gasteiger partial charge in [-0.2, -0.15) is 0 Å². The zero-order valence-corrected chi connectivity index (χ0v) is 17.2. The van der Waals surface area contributed by atoms with Crippen LogP contribution >= 0.6 is 12.2 Å². The summed E-state index contributed by atoms with van der Waals surface area (Å²) in [5.41, 5.74) is 2.00. The Bertz CT molecular complexity index is 808. The van der Waals surface area contributed by atoms with Crippen molar-refractivity contribution in [2.45, 2.75) is 39.0 Å². The molecule has 2 aromatic rings. The molecule has 0 radical (unpaired) electrons. The summed E-state index contributed by atoms with van der Waals surface area (Å²) in [5.74, 6) is -0.217. The number of unbranched alkanes of at least 4 members (excludes halogenated alkanes) is 3. The number of nitrogens with one attached hydrogen (secondary N) is 2. The first-order valence-corrected chi connectivity index (χ1v) is 9.96. The van der Waals surface area contributed by atoms with Crippen LogP contribution in [-0.2, 0) is 4.79 Å². The van der Waals surface area contributed by atoms with Gasteiger partial charge in [0, 0.05) is 30.4 Å². The Labute approximate surface area is 172 Å². The molecule has 0 fully saturated rings. The third-order valence-electron chi connectivity index (χ3n) is 4.33. The SMILES string of the molecule is CCCCCCC(=O)NC(=S)Nc1cccc(C(=O)N(C)c2ccccc2)c1. The van der Waals surface area contributed by atoms with Gasteiger partial charge in [0.15, 0.2) is 5.11 Å². The first kappa shape index (κ1) is 21.6. The molecule has 6 heteroatoms. The van der Waals surface area contributed by atoms with Crippen molar-refractivity contribution in [3.63, 3.8) is 0 Å². The first-order valence-electron chi connectivity index (χ1n) is 9.55. The second kappa shape index (κ2) is 11.2. The smallest absolute Gasteiger partial charge is 0.258 e. The predicted molar refractivity (Wildman–Crippen MR) is 119 cm³/mol. The number of amides is 2. The monoisotopic (exact) mass is 397 g/mol. The minimum atomic E-state index is -0.124. The topological polar surface area (TPSA) is 61.4 Å². The fourth-order valence-corrected chi connectivity index (χ4v) is 2.99. The maximum atomic E-state index is 12.7. The lowest BCUT2D eigenvalue weighted by Gasteiger charge is -2.18. The fourth-order valence-electron chi connectivity index (χ4n) is 2.76. The van der Waals surface area contributed by atoms with E-state index in [1.54, 1.807) is 36.2 Å². The van der Waals surface area contributed by atoms with Crippen molar-refractivity contribution >= 4 is 40.5 Å². The largest absolute Gasteiger partial charge is 0.332 e.